The second-order valence-corrected chi connectivity index (χ2v) is 6.89. The number of anilines is 1. The standard InChI is InChI=1S/C21H26BrNO3/c1-3-5-12-25-18-9-7-8-17(15-18)23-21(24)16-10-11-20(19(22)14-16)26-13-6-4-2/h7-11,14-15H,3-6,12-13H2,1-2H3,(H,23,24). The normalized spacial score (nSPS) is 10.4. The van der Waals surface area contributed by atoms with E-state index in [4.69, 9.17) is 9.47 Å². The number of carbonyl (C=O) groups is 1. The maximum absolute atomic E-state index is 12.5. The van der Waals surface area contributed by atoms with Crippen molar-refractivity contribution in [3.05, 3.63) is 52.5 Å². The molecule has 2 aromatic carbocycles. The molecule has 0 aliphatic carbocycles. The molecule has 1 N–H and O–H groups in total. The summed E-state index contributed by atoms with van der Waals surface area (Å²) in [6.07, 6.45) is 4.19. The van der Waals surface area contributed by atoms with Gasteiger partial charge in [-0.3, -0.25) is 4.79 Å². The van der Waals surface area contributed by atoms with Crippen molar-refractivity contribution in [1.82, 2.24) is 0 Å². The molecule has 0 unspecified atom stereocenters. The van der Waals surface area contributed by atoms with Crippen LogP contribution in [0.1, 0.15) is 49.9 Å². The van der Waals surface area contributed by atoms with Crippen molar-refractivity contribution in [3.8, 4) is 11.5 Å². The number of halogens is 1. The van der Waals surface area contributed by atoms with Crippen LogP contribution in [0.25, 0.3) is 0 Å². The molecule has 1 amide bonds. The minimum atomic E-state index is -0.170. The van der Waals surface area contributed by atoms with Crippen LogP contribution in [-0.4, -0.2) is 19.1 Å². The van der Waals surface area contributed by atoms with Gasteiger partial charge < -0.3 is 14.8 Å². The fourth-order valence-corrected chi connectivity index (χ4v) is 2.78. The molecular weight excluding hydrogens is 394 g/mol. The van der Waals surface area contributed by atoms with Crippen LogP contribution in [0, 0.1) is 0 Å². The first-order valence-electron chi connectivity index (χ1n) is 9.10. The Bertz CT molecular complexity index is 718. The van der Waals surface area contributed by atoms with E-state index in [-0.39, 0.29) is 5.91 Å². The van der Waals surface area contributed by atoms with E-state index in [0.717, 1.165) is 41.7 Å². The van der Waals surface area contributed by atoms with Crippen LogP contribution in [0.5, 0.6) is 11.5 Å². The Balaban J connectivity index is 1.98. The zero-order valence-electron chi connectivity index (χ0n) is 15.4. The average molecular weight is 420 g/mol. The van der Waals surface area contributed by atoms with Gasteiger partial charge >= 0.3 is 0 Å². The lowest BCUT2D eigenvalue weighted by atomic mass is 10.2. The van der Waals surface area contributed by atoms with Gasteiger partial charge in [0.05, 0.1) is 17.7 Å². The van der Waals surface area contributed by atoms with Gasteiger partial charge in [-0.05, 0) is 59.1 Å². The molecule has 0 saturated heterocycles. The highest BCUT2D eigenvalue weighted by molar-refractivity contribution is 9.10. The molecule has 0 aromatic heterocycles. The number of benzene rings is 2. The number of nitrogens with one attached hydrogen (secondary N) is 1. The quantitative estimate of drug-likeness (QED) is 0.476. The predicted octanol–water partition coefficient (Wildman–Crippen LogP) is 6.06. The van der Waals surface area contributed by atoms with Crippen LogP contribution in [0.15, 0.2) is 46.9 Å². The van der Waals surface area contributed by atoms with Crippen molar-refractivity contribution in [3.63, 3.8) is 0 Å². The van der Waals surface area contributed by atoms with Crippen LogP contribution in [0.3, 0.4) is 0 Å². The average Bonchev–Trinajstić information content (AvgIpc) is 2.64. The number of amides is 1. The molecular formula is C21H26BrNO3. The third-order valence-corrected chi connectivity index (χ3v) is 4.43. The molecule has 5 heteroatoms. The summed E-state index contributed by atoms with van der Waals surface area (Å²) in [4.78, 5) is 12.5. The van der Waals surface area contributed by atoms with E-state index in [9.17, 15) is 4.79 Å². The molecule has 0 saturated carbocycles. The first-order chi connectivity index (χ1) is 12.6. The molecule has 2 rings (SSSR count). The second-order valence-electron chi connectivity index (χ2n) is 6.03. The summed E-state index contributed by atoms with van der Waals surface area (Å²) >= 11 is 3.47. The van der Waals surface area contributed by atoms with Crippen molar-refractivity contribution >= 4 is 27.5 Å². The molecule has 0 aliphatic heterocycles. The predicted molar refractivity (Wildman–Crippen MR) is 109 cm³/mol. The minimum absolute atomic E-state index is 0.170. The van der Waals surface area contributed by atoms with E-state index in [1.54, 1.807) is 12.1 Å². The van der Waals surface area contributed by atoms with Gasteiger partial charge in [0.15, 0.2) is 0 Å². The molecule has 4 nitrogen and oxygen atoms in total. The minimum Gasteiger partial charge on any atom is -0.494 e. The van der Waals surface area contributed by atoms with Gasteiger partial charge in [-0.15, -0.1) is 0 Å². The van der Waals surface area contributed by atoms with Crippen LogP contribution < -0.4 is 14.8 Å². The fraction of sp³-hybridized carbons (Fsp3) is 0.381. The van der Waals surface area contributed by atoms with Crippen LogP contribution in [0.2, 0.25) is 0 Å². The van der Waals surface area contributed by atoms with E-state index >= 15 is 0 Å². The monoisotopic (exact) mass is 419 g/mol. The maximum atomic E-state index is 12.5. The lowest BCUT2D eigenvalue weighted by molar-refractivity contribution is 0.102. The zero-order valence-corrected chi connectivity index (χ0v) is 17.0. The smallest absolute Gasteiger partial charge is 0.255 e. The molecule has 140 valence electrons. The summed E-state index contributed by atoms with van der Waals surface area (Å²) in [5.74, 6) is 1.34. The number of ether oxygens (including phenoxy) is 2. The van der Waals surface area contributed by atoms with Crippen LogP contribution in [0.4, 0.5) is 5.69 Å². The molecule has 0 bridgehead atoms. The first kappa shape index (κ1) is 20.3. The van der Waals surface area contributed by atoms with Gasteiger partial charge in [0.25, 0.3) is 5.91 Å². The molecule has 0 radical (unpaired) electrons. The molecule has 0 spiro atoms. The molecule has 0 atom stereocenters. The van der Waals surface area contributed by atoms with Crippen molar-refractivity contribution in [2.24, 2.45) is 0 Å². The number of unbranched alkanes of at least 4 members (excludes halogenated alkanes) is 2. The maximum Gasteiger partial charge on any atom is 0.255 e. The summed E-state index contributed by atoms with van der Waals surface area (Å²) in [5, 5.41) is 2.91. The number of rotatable bonds is 10. The van der Waals surface area contributed by atoms with Crippen molar-refractivity contribution in [2.45, 2.75) is 39.5 Å². The highest BCUT2D eigenvalue weighted by Gasteiger charge is 2.10. The molecule has 2 aromatic rings. The van der Waals surface area contributed by atoms with Gasteiger partial charge in [-0.2, -0.15) is 0 Å². The topological polar surface area (TPSA) is 47.6 Å². The Kier molecular flexibility index (Phi) is 8.48. The number of hydrogen-bond donors (Lipinski definition) is 1. The first-order valence-corrected chi connectivity index (χ1v) is 9.90. The van der Waals surface area contributed by atoms with E-state index in [2.05, 4.69) is 35.1 Å². The largest absolute Gasteiger partial charge is 0.494 e. The van der Waals surface area contributed by atoms with E-state index in [0.29, 0.717) is 24.5 Å². The van der Waals surface area contributed by atoms with E-state index in [1.165, 1.54) is 0 Å². The van der Waals surface area contributed by atoms with Gasteiger partial charge in [-0.1, -0.05) is 32.8 Å². The molecule has 0 fully saturated rings. The SMILES string of the molecule is CCCCOc1cccc(NC(=O)c2ccc(OCCCC)c(Br)c2)c1. The Hall–Kier alpha value is -2.01. The third kappa shape index (κ3) is 6.37. The van der Waals surface area contributed by atoms with Gasteiger partial charge in [-0.25, -0.2) is 0 Å². The Labute approximate surface area is 164 Å². The van der Waals surface area contributed by atoms with Crippen LogP contribution >= 0.6 is 15.9 Å². The van der Waals surface area contributed by atoms with Crippen LogP contribution in [-0.2, 0) is 0 Å². The highest BCUT2D eigenvalue weighted by atomic mass is 79.9. The number of carbonyl (C=O) groups excluding carboxylic acids is 1. The fourth-order valence-electron chi connectivity index (χ4n) is 2.29. The van der Waals surface area contributed by atoms with Crippen molar-refractivity contribution in [1.29, 1.82) is 0 Å². The van der Waals surface area contributed by atoms with E-state index < -0.39 is 0 Å². The van der Waals surface area contributed by atoms with Crippen molar-refractivity contribution in [2.75, 3.05) is 18.5 Å². The summed E-state index contributed by atoms with van der Waals surface area (Å²) < 4.78 is 12.2. The summed E-state index contributed by atoms with van der Waals surface area (Å²) in [6, 6.07) is 12.8. The molecule has 0 aliphatic rings. The molecule has 26 heavy (non-hydrogen) atoms. The summed E-state index contributed by atoms with van der Waals surface area (Å²) in [7, 11) is 0. The van der Waals surface area contributed by atoms with Gasteiger partial charge in [0, 0.05) is 17.3 Å². The van der Waals surface area contributed by atoms with E-state index in [1.807, 2.05) is 30.3 Å². The highest BCUT2D eigenvalue weighted by Crippen LogP contribution is 2.27. The van der Waals surface area contributed by atoms with Gasteiger partial charge in [0.1, 0.15) is 11.5 Å². The van der Waals surface area contributed by atoms with Gasteiger partial charge in [0.2, 0.25) is 0 Å². The summed E-state index contributed by atoms with van der Waals surface area (Å²) in [6.45, 7) is 5.60. The Morgan fingerprint density at radius 3 is 2.42 bits per heavy atom. The Morgan fingerprint density at radius 1 is 1.00 bits per heavy atom. The number of hydrogen-bond acceptors (Lipinski definition) is 3. The summed E-state index contributed by atoms with van der Waals surface area (Å²) in [5.41, 5.74) is 1.28. The zero-order chi connectivity index (χ0) is 18.8. The second kappa shape index (κ2) is 10.9. The molecule has 0 heterocycles. The van der Waals surface area contributed by atoms with Crippen molar-refractivity contribution < 1.29 is 14.3 Å². The lowest BCUT2D eigenvalue weighted by Crippen LogP contribution is -2.12. The lowest BCUT2D eigenvalue weighted by Gasteiger charge is -2.11. The third-order valence-electron chi connectivity index (χ3n) is 3.81. The Morgan fingerprint density at radius 2 is 1.73 bits per heavy atom.